The van der Waals surface area contributed by atoms with Gasteiger partial charge in [0.2, 0.25) is 10.0 Å². The van der Waals surface area contributed by atoms with Crippen LogP contribution in [0.15, 0.2) is 29.2 Å². The molecule has 1 aliphatic heterocycles. The van der Waals surface area contributed by atoms with Crippen molar-refractivity contribution in [2.24, 2.45) is 5.73 Å². The molecule has 1 heterocycles. The summed E-state index contributed by atoms with van der Waals surface area (Å²) in [5.74, 6) is 0. The van der Waals surface area contributed by atoms with Crippen molar-refractivity contribution in [3.8, 4) is 0 Å². The maximum absolute atomic E-state index is 12.3. The normalized spacial score (nSPS) is 24.5. The van der Waals surface area contributed by atoms with E-state index < -0.39 is 32.8 Å². The molecule has 2 rings (SSSR count). The van der Waals surface area contributed by atoms with E-state index in [-0.39, 0.29) is 18.0 Å². The molecule has 0 amide bonds. The highest BCUT2D eigenvalue weighted by atomic mass is 32.2. The Labute approximate surface area is 109 Å². The lowest BCUT2D eigenvalue weighted by molar-refractivity contribution is -0.387. The molecule has 104 valence electrons. The first-order chi connectivity index (χ1) is 8.84. The third-order valence-electron chi connectivity index (χ3n) is 2.98. The summed E-state index contributed by atoms with van der Waals surface area (Å²) in [6, 6.07) is 4.41. The first-order valence-corrected chi connectivity index (χ1v) is 6.95. The zero-order chi connectivity index (χ0) is 14.2. The number of aliphatic hydroxyl groups is 1. The summed E-state index contributed by atoms with van der Waals surface area (Å²) in [5.41, 5.74) is 5.06. The largest absolute Gasteiger partial charge is 0.390 e. The van der Waals surface area contributed by atoms with Crippen molar-refractivity contribution < 1.29 is 18.4 Å². The Morgan fingerprint density at radius 1 is 1.37 bits per heavy atom. The number of rotatable bonds is 3. The van der Waals surface area contributed by atoms with Crippen LogP contribution in [0.2, 0.25) is 0 Å². The zero-order valence-corrected chi connectivity index (χ0v) is 10.7. The van der Waals surface area contributed by atoms with Crippen LogP contribution in [0.5, 0.6) is 0 Å². The number of hydrogen-bond donors (Lipinski definition) is 2. The van der Waals surface area contributed by atoms with Gasteiger partial charge in [-0.2, -0.15) is 4.31 Å². The Bertz CT molecular complexity index is 593. The number of para-hydroxylation sites is 1. The van der Waals surface area contributed by atoms with E-state index in [1.165, 1.54) is 18.2 Å². The van der Waals surface area contributed by atoms with Gasteiger partial charge in [0.05, 0.1) is 11.0 Å². The maximum atomic E-state index is 12.3. The van der Waals surface area contributed by atoms with Crippen LogP contribution in [0.4, 0.5) is 5.69 Å². The smallest absolute Gasteiger partial charge is 0.289 e. The van der Waals surface area contributed by atoms with Gasteiger partial charge in [-0.3, -0.25) is 10.1 Å². The van der Waals surface area contributed by atoms with Gasteiger partial charge in [0.1, 0.15) is 0 Å². The number of nitrogens with two attached hydrogens (primary N) is 1. The number of aliphatic hydroxyl groups excluding tert-OH is 1. The topological polar surface area (TPSA) is 127 Å². The predicted molar refractivity (Wildman–Crippen MR) is 65.8 cm³/mol. The molecular weight excluding hydrogens is 274 g/mol. The Balaban J connectivity index is 2.44. The highest BCUT2D eigenvalue weighted by Gasteiger charge is 2.39. The first-order valence-electron chi connectivity index (χ1n) is 5.51. The van der Waals surface area contributed by atoms with E-state index in [4.69, 9.17) is 5.73 Å². The fourth-order valence-electron chi connectivity index (χ4n) is 1.94. The van der Waals surface area contributed by atoms with Gasteiger partial charge < -0.3 is 10.8 Å². The number of nitrogens with zero attached hydrogens (tertiary/aromatic N) is 2. The lowest BCUT2D eigenvalue weighted by atomic mass is 10.2. The summed E-state index contributed by atoms with van der Waals surface area (Å²) in [5, 5.41) is 20.4. The molecule has 0 bridgehead atoms. The van der Waals surface area contributed by atoms with E-state index in [2.05, 4.69) is 0 Å². The molecule has 0 saturated carbocycles. The summed E-state index contributed by atoms with van der Waals surface area (Å²) >= 11 is 0. The second-order valence-electron chi connectivity index (χ2n) is 4.28. The fraction of sp³-hybridized carbons (Fsp3) is 0.400. The lowest BCUT2D eigenvalue weighted by Gasteiger charge is -2.15. The minimum absolute atomic E-state index is 0.0600. The zero-order valence-electron chi connectivity index (χ0n) is 9.84. The molecule has 0 aromatic heterocycles. The number of benzene rings is 1. The van der Waals surface area contributed by atoms with E-state index in [0.29, 0.717) is 0 Å². The predicted octanol–water partition coefficient (Wildman–Crippen LogP) is -0.713. The van der Waals surface area contributed by atoms with Crippen LogP contribution in [0.25, 0.3) is 0 Å². The van der Waals surface area contributed by atoms with Crippen molar-refractivity contribution in [2.45, 2.75) is 17.0 Å². The molecule has 0 unspecified atom stereocenters. The van der Waals surface area contributed by atoms with Gasteiger partial charge in [0.25, 0.3) is 5.69 Å². The number of sulfonamides is 1. The van der Waals surface area contributed by atoms with Crippen molar-refractivity contribution in [1.29, 1.82) is 0 Å². The molecule has 2 atom stereocenters. The van der Waals surface area contributed by atoms with Crippen molar-refractivity contribution >= 4 is 15.7 Å². The molecule has 0 aliphatic carbocycles. The van der Waals surface area contributed by atoms with E-state index in [1.807, 2.05) is 0 Å². The van der Waals surface area contributed by atoms with Crippen LogP contribution in [-0.2, 0) is 10.0 Å². The van der Waals surface area contributed by atoms with E-state index in [9.17, 15) is 23.6 Å². The molecule has 0 spiro atoms. The Morgan fingerprint density at radius 2 is 2.00 bits per heavy atom. The van der Waals surface area contributed by atoms with Crippen LogP contribution in [0.1, 0.15) is 0 Å². The molecule has 3 N–H and O–H groups in total. The van der Waals surface area contributed by atoms with E-state index in [0.717, 1.165) is 10.4 Å². The molecule has 8 nitrogen and oxygen atoms in total. The molecular formula is C10H13N3O5S. The lowest BCUT2D eigenvalue weighted by Crippen LogP contribution is -2.33. The molecule has 1 saturated heterocycles. The van der Waals surface area contributed by atoms with Crippen molar-refractivity contribution in [3.63, 3.8) is 0 Å². The Morgan fingerprint density at radius 3 is 2.53 bits per heavy atom. The monoisotopic (exact) mass is 287 g/mol. The molecule has 19 heavy (non-hydrogen) atoms. The summed E-state index contributed by atoms with van der Waals surface area (Å²) in [4.78, 5) is 9.72. The van der Waals surface area contributed by atoms with Crippen LogP contribution in [-0.4, -0.2) is 48.0 Å². The standard InChI is InChI=1S/C10H13N3O5S/c11-7-5-12(6-9(7)14)19(17,18)10-4-2-1-3-8(10)13(15)16/h1-4,7,9,14H,5-6,11H2/t7-,9-/m0/s1. The van der Waals surface area contributed by atoms with E-state index >= 15 is 0 Å². The summed E-state index contributed by atoms with van der Waals surface area (Å²) in [7, 11) is -4.03. The van der Waals surface area contributed by atoms with Crippen LogP contribution in [0.3, 0.4) is 0 Å². The maximum Gasteiger partial charge on any atom is 0.289 e. The molecule has 9 heteroatoms. The van der Waals surface area contributed by atoms with Gasteiger partial charge in [-0.25, -0.2) is 8.42 Å². The van der Waals surface area contributed by atoms with Crippen LogP contribution >= 0.6 is 0 Å². The van der Waals surface area contributed by atoms with Gasteiger partial charge >= 0.3 is 0 Å². The van der Waals surface area contributed by atoms with E-state index in [1.54, 1.807) is 0 Å². The second-order valence-corrected chi connectivity index (χ2v) is 6.18. The second kappa shape index (κ2) is 4.85. The van der Waals surface area contributed by atoms with Gasteiger partial charge in [0.15, 0.2) is 4.90 Å². The number of hydrogen-bond acceptors (Lipinski definition) is 6. The van der Waals surface area contributed by atoms with Gasteiger partial charge in [-0.1, -0.05) is 12.1 Å². The highest BCUT2D eigenvalue weighted by molar-refractivity contribution is 7.89. The summed E-state index contributed by atoms with van der Waals surface area (Å²) < 4.78 is 25.6. The minimum atomic E-state index is -4.03. The fourth-order valence-corrected chi connectivity index (χ4v) is 3.59. The average Bonchev–Trinajstić information content (AvgIpc) is 2.70. The number of β-amino-alcohol motifs (C(OH)–C–C–N with tert-alkyl or cyclic N) is 1. The third-order valence-corrected chi connectivity index (χ3v) is 4.86. The van der Waals surface area contributed by atoms with Crippen molar-refractivity contribution in [1.82, 2.24) is 4.31 Å². The highest BCUT2D eigenvalue weighted by Crippen LogP contribution is 2.28. The van der Waals surface area contributed by atoms with Crippen molar-refractivity contribution in [3.05, 3.63) is 34.4 Å². The number of nitro benzene ring substituents is 1. The molecule has 1 aliphatic rings. The summed E-state index contributed by atoms with van der Waals surface area (Å²) in [6.07, 6.45) is -0.961. The van der Waals surface area contributed by atoms with Gasteiger partial charge in [-0.15, -0.1) is 0 Å². The first kappa shape index (κ1) is 13.9. The van der Waals surface area contributed by atoms with Crippen molar-refractivity contribution in [2.75, 3.05) is 13.1 Å². The van der Waals surface area contributed by atoms with Gasteiger partial charge in [-0.05, 0) is 6.07 Å². The van der Waals surface area contributed by atoms with Crippen LogP contribution in [0, 0.1) is 10.1 Å². The molecule has 1 aromatic rings. The average molecular weight is 287 g/mol. The molecule has 0 radical (unpaired) electrons. The molecule has 1 aromatic carbocycles. The minimum Gasteiger partial charge on any atom is -0.390 e. The number of nitro groups is 1. The third kappa shape index (κ3) is 2.45. The quantitative estimate of drug-likeness (QED) is 0.558. The Hall–Kier alpha value is -1.55. The molecule has 1 fully saturated rings. The van der Waals surface area contributed by atoms with Crippen LogP contribution < -0.4 is 5.73 Å². The Kier molecular flexibility index (Phi) is 3.54. The van der Waals surface area contributed by atoms with Gasteiger partial charge in [0, 0.05) is 25.2 Å². The summed E-state index contributed by atoms with van der Waals surface area (Å²) in [6.45, 7) is -0.217. The SMILES string of the molecule is N[C@H]1CN(S(=O)(=O)c2ccccc2[N+](=O)[O-])C[C@@H]1O.